The minimum atomic E-state index is -1.11. The molecule has 0 aliphatic carbocycles. The number of rotatable bonds is 3. The average Bonchev–Trinajstić information content (AvgIpc) is 2.10. The van der Waals surface area contributed by atoms with Crippen LogP contribution in [0.2, 0.25) is 0 Å². The van der Waals surface area contributed by atoms with Crippen molar-refractivity contribution in [3.8, 4) is 0 Å². The molecule has 1 saturated heterocycles. The molecule has 4 atom stereocenters. The Morgan fingerprint density at radius 3 is 2.64 bits per heavy atom. The second-order valence-electron chi connectivity index (χ2n) is 3.44. The molecule has 1 heterocycles. The molecule has 6 nitrogen and oxygen atoms in total. The molecule has 14 heavy (non-hydrogen) atoms. The van der Waals surface area contributed by atoms with E-state index in [9.17, 15) is 15.0 Å². The van der Waals surface area contributed by atoms with Gasteiger partial charge in [-0.05, 0) is 0 Å². The van der Waals surface area contributed by atoms with Gasteiger partial charge < -0.3 is 25.8 Å². The zero-order chi connectivity index (χ0) is 10.7. The summed E-state index contributed by atoms with van der Waals surface area (Å²) in [5.74, 6) is -0.532. The fourth-order valence-electron chi connectivity index (χ4n) is 1.55. The molecule has 0 spiro atoms. The van der Waals surface area contributed by atoms with Crippen molar-refractivity contribution in [1.29, 1.82) is 0 Å². The average molecular weight is 205 g/mol. The second kappa shape index (κ2) is 4.70. The highest BCUT2D eigenvalue weighted by atomic mass is 16.5. The first-order chi connectivity index (χ1) is 6.54. The summed E-state index contributed by atoms with van der Waals surface area (Å²) in [6.45, 7) is -0.395. The van der Waals surface area contributed by atoms with Gasteiger partial charge in [0.15, 0.2) is 0 Å². The first-order valence-corrected chi connectivity index (χ1v) is 4.45. The number of aliphatic hydroxyl groups is 3. The van der Waals surface area contributed by atoms with Gasteiger partial charge in [0.2, 0.25) is 5.91 Å². The lowest BCUT2D eigenvalue weighted by atomic mass is 9.96. The third-order valence-electron chi connectivity index (χ3n) is 2.26. The minimum absolute atomic E-state index is 0.0136. The maximum atomic E-state index is 10.6. The van der Waals surface area contributed by atoms with E-state index >= 15 is 0 Å². The SMILES string of the molecule is NC(=O)C[C@H]1C[C@@H](O)[C@H](O)[C@@H](CO)O1. The predicted molar refractivity (Wildman–Crippen MR) is 46.2 cm³/mol. The molecule has 0 bridgehead atoms. The van der Waals surface area contributed by atoms with Gasteiger partial charge in [0.25, 0.3) is 0 Å². The van der Waals surface area contributed by atoms with Gasteiger partial charge in [0, 0.05) is 6.42 Å². The number of carbonyl (C=O) groups excluding carboxylic acids is 1. The van der Waals surface area contributed by atoms with Gasteiger partial charge in [-0.1, -0.05) is 0 Å². The first kappa shape index (κ1) is 11.4. The van der Waals surface area contributed by atoms with Crippen LogP contribution in [0.1, 0.15) is 12.8 Å². The van der Waals surface area contributed by atoms with Crippen LogP contribution in [-0.4, -0.2) is 52.2 Å². The van der Waals surface area contributed by atoms with E-state index in [1.165, 1.54) is 0 Å². The smallest absolute Gasteiger partial charge is 0.220 e. The summed E-state index contributed by atoms with van der Waals surface area (Å²) in [5, 5.41) is 27.5. The van der Waals surface area contributed by atoms with Gasteiger partial charge in [0.1, 0.15) is 12.2 Å². The highest BCUT2D eigenvalue weighted by molar-refractivity contribution is 5.74. The summed E-state index contributed by atoms with van der Waals surface area (Å²) in [6, 6.07) is 0. The monoisotopic (exact) mass is 205 g/mol. The molecule has 0 saturated carbocycles. The van der Waals surface area contributed by atoms with Gasteiger partial charge in [-0.2, -0.15) is 0 Å². The van der Waals surface area contributed by atoms with Crippen molar-refractivity contribution in [3.63, 3.8) is 0 Å². The summed E-state index contributed by atoms with van der Waals surface area (Å²) in [5.41, 5.74) is 4.96. The van der Waals surface area contributed by atoms with Crippen LogP contribution in [0.3, 0.4) is 0 Å². The normalized spacial score (nSPS) is 38.2. The maximum Gasteiger partial charge on any atom is 0.220 e. The van der Waals surface area contributed by atoms with Crippen molar-refractivity contribution in [2.24, 2.45) is 5.73 Å². The van der Waals surface area contributed by atoms with E-state index in [1.807, 2.05) is 0 Å². The van der Waals surface area contributed by atoms with E-state index in [0.29, 0.717) is 0 Å². The number of amides is 1. The van der Waals surface area contributed by atoms with E-state index in [2.05, 4.69) is 0 Å². The molecule has 0 aromatic carbocycles. The Bertz CT molecular complexity index is 210. The Morgan fingerprint density at radius 2 is 2.14 bits per heavy atom. The van der Waals surface area contributed by atoms with E-state index < -0.39 is 36.9 Å². The number of hydrogen-bond acceptors (Lipinski definition) is 5. The summed E-state index contributed by atoms with van der Waals surface area (Å²) < 4.78 is 5.17. The third kappa shape index (κ3) is 2.65. The maximum absolute atomic E-state index is 10.6. The fourth-order valence-corrected chi connectivity index (χ4v) is 1.55. The molecule has 1 aliphatic heterocycles. The van der Waals surface area contributed by atoms with Gasteiger partial charge in [0.05, 0.1) is 25.2 Å². The Balaban J connectivity index is 2.53. The third-order valence-corrected chi connectivity index (χ3v) is 2.26. The number of carbonyl (C=O) groups is 1. The van der Waals surface area contributed by atoms with Crippen molar-refractivity contribution in [2.75, 3.05) is 6.61 Å². The fraction of sp³-hybridized carbons (Fsp3) is 0.875. The number of aliphatic hydroxyl groups excluding tert-OH is 3. The van der Waals surface area contributed by atoms with E-state index in [4.69, 9.17) is 15.6 Å². The molecule has 0 aromatic rings. The molecule has 5 N–H and O–H groups in total. The standard InChI is InChI=1S/C8H15NO5/c9-7(12)2-4-1-5(11)8(13)6(3-10)14-4/h4-6,8,10-11,13H,1-3H2,(H2,9,12)/t4-,5-,6-,8+/m1/s1. The highest BCUT2D eigenvalue weighted by Gasteiger charge is 2.36. The summed E-state index contributed by atoms with van der Waals surface area (Å²) in [7, 11) is 0. The lowest BCUT2D eigenvalue weighted by Crippen LogP contribution is -2.50. The summed E-state index contributed by atoms with van der Waals surface area (Å²) >= 11 is 0. The van der Waals surface area contributed by atoms with Crippen LogP contribution in [0.15, 0.2) is 0 Å². The highest BCUT2D eigenvalue weighted by Crippen LogP contribution is 2.21. The number of ether oxygens (including phenoxy) is 1. The Kier molecular flexibility index (Phi) is 3.82. The van der Waals surface area contributed by atoms with E-state index in [0.717, 1.165) is 0 Å². The molecular formula is C8H15NO5. The van der Waals surface area contributed by atoms with Crippen molar-refractivity contribution < 1.29 is 24.9 Å². The van der Waals surface area contributed by atoms with Crippen LogP contribution < -0.4 is 5.73 Å². The first-order valence-electron chi connectivity index (χ1n) is 4.45. The van der Waals surface area contributed by atoms with Crippen molar-refractivity contribution >= 4 is 5.91 Å². The van der Waals surface area contributed by atoms with Crippen molar-refractivity contribution in [2.45, 2.75) is 37.3 Å². The van der Waals surface area contributed by atoms with E-state index in [1.54, 1.807) is 0 Å². The van der Waals surface area contributed by atoms with Gasteiger partial charge >= 0.3 is 0 Å². The van der Waals surface area contributed by atoms with Crippen LogP contribution in [0.25, 0.3) is 0 Å². The molecular weight excluding hydrogens is 190 g/mol. The summed E-state index contributed by atoms with van der Waals surface area (Å²) in [4.78, 5) is 10.6. The number of primary amides is 1. The lowest BCUT2D eigenvalue weighted by Gasteiger charge is -2.35. The Labute approximate surface area is 81.3 Å². The van der Waals surface area contributed by atoms with Crippen LogP contribution in [0.4, 0.5) is 0 Å². The van der Waals surface area contributed by atoms with Crippen molar-refractivity contribution in [1.82, 2.24) is 0 Å². The molecule has 0 unspecified atom stereocenters. The zero-order valence-electron chi connectivity index (χ0n) is 7.67. The molecule has 82 valence electrons. The second-order valence-corrected chi connectivity index (χ2v) is 3.44. The van der Waals surface area contributed by atoms with Crippen LogP contribution >= 0.6 is 0 Å². The Hall–Kier alpha value is -0.690. The molecule has 1 aliphatic rings. The topological polar surface area (TPSA) is 113 Å². The van der Waals surface area contributed by atoms with Crippen LogP contribution in [0, 0.1) is 0 Å². The predicted octanol–water partition coefficient (Wildman–Crippen LogP) is -2.27. The Morgan fingerprint density at radius 1 is 1.50 bits per heavy atom. The van der Waals surface area contributed by atoms with Crippen molar-refractivity contribution in [3.05, 3.63) is 0 Å². The van der Waals surface area contributed by atoms with Crippen LogP contribution in [0.5, 0.6) is 0 Å². The number of hydrogen-bond donors (Lipinski definition) is 4. The summed E-state index contributed by atoms with van der Waals surface area (Å²) in [6.07, 6.45) is -3.32. The molecule has 0 aromatic heterocycles. The minimum Gasteiger partial charge on any atom is -0.394 e. The van der Waals surface area contributed by atoms with Crippen LogP contribution in [-0.2, 0) is 9.53 Å². The molecule has 1 fully saturated rings. The van der Waals surface area contributed by atoms with Gasteiger partial charge in [-0.25, -0.2) is 0 Å². The largest absolute Gasteiger partial charge is 0.394 e. The van der Waals surface area contributed by atoms with E-state index in [-0.39, 0.29) is 12.8 Å². The lowest BCUT2D eigenvalue weighted by molar-refractivity contribution is -0.181. The number of nitrogens with two attached hydrogens (primary N) is 1. The van der Waals surface area contributed by atoms with Gasteiger partial charge in [-0.15, -0.1) is 0 Å². The van der Waals surface area contributed by atoms with Gasteiger partial charge in [-0.3, -0.25) is 4.79 Å². The molecule has 6 heteroatoms. The quantitative estimate of drug-likeness (QED) is 0.415. The zero-order valence-corrected chi connectivity index (χ0v) is 7.67. The molecule has 0 radical (unpaired) electrons. The molecule has 1 rings (SSSR count). The molecule has 1 amide bonds.